The van der Waals surface area contributed by atoms with Crippen molar-refractivity contribution in [3.8, 4) is 0 Å². The molecule has 0 aromatic heterocycles. The van der Waals surface area contributed by atoms with E-state index in [1.165, 1.54) is 0 Å². The average Bonchev–Trinajstić information content (AvgIpc) is 3.28. The van der Waals surface area contributed by atoms with Crippen molar-refractivity contribution in [2.75, 3.05) is 18.8 Å². The summed E-state index contributed by atoms with van der Waals surface area (Å²) in [5.74, 6) is -0.916. The van der Waals surface area contributed by atoms with E-state index in [9.17, 15) is 13.6 Å². The fourth-order valence-electron chi connectivity index (χ4n) is 2.35. The average molecular weight is 280 g/mol. The standard InChI is InChI=1S/C15H18F2N2O/c16-12-5-11(6-13(17)14(12)18)15(20)19(7-9-1-2-9)8-10-3-4-10/h5-6,9-10H,1-4,7-8,18H2. The first-order valence-electron chi connectivity index (χ1n) is 7.08. The van der Waals surface area contributed by atoms with Gasteiger partial charge in [0.1, 0.15) is 17.3 Å². The third-order valence-electron chi connectivity index (χ3n) is 3.96. The summed E-state index contributed by atoms with van der Waals surface area (Å²) in [7, 11) is 0. The van der Waals surface area contributed by atoms with Gasteiger partial charge in [-0.2, -0.15) is 0 Å². The molecule has 0 spiro atoms. The van der Waals surface area contributed by atoms with Gasteiger partial charge in [0.2, 0.25) is 0 Å². The summed E-state index contributed by atoms with van der Waals surface area (Å²) in [4.78, 5) is 14.2. The maximum absolute atomic E-state index is 13.5. The highest BCUT2D eigenvalue weighted by Crippen LogP contribution is 2.34. The lowest BCUT2D eigenvalue weighted by Gasteiger charge is -2.23. The second-order valence-corrected chi connectivity index (χ2v) is 5.95. The Balaban J connectivity index is 1.79. The van der Waals surface area contributed by atoms with E-state index in [0.29, 0.717) is 24.9 Å². The zero-order valence-corrected chi connectivity index (χ0v) is 11.2. The first-order chi connectivity index (χ1) is 9.54. The van der Waals surface area contributed by atoms with Crippen LogP contribution in [0.1, 0.15) is 36.0 Å². The molecule has 1 aromatic carbocycles. The number of rotatable bonds is 5. The van der Waals surface area contributed by atoms with E-state index >= 15 is 0 Å². The Bertz CT molecular complexity index is 502. The molecule has 2 saturated carbocycles. The Hall–Kier alpha value is -1.65. The van der Waals surface area contributed by atoms with Crippen LogP contribution in [0.15, 0.2) is 12.1 Å². The highest BCUT2D eigenvalue weighted by Gasteiger charge is 2.32. The predicted molar refractivity (Wildman–Crippen MR) is 72.1 cm³/mol. The van der Waals surface area contributed by atoms with Crippen LogP contribution in [0, 0.1) is 23.5 Å². The van der Waals surface area contributed by atoms with Crippen molar-refractivity contribution in [3.05, 3.63) is 29.3 Å². The number of halogens is 2. The zero-order valence-electron chi connectivity index (χ0n) is 11.2. The van der Waals surface area contributed by atoms with Crippen molar-refractivity contribution < 1.29 is 13.6 Å². The fraction of sp³-hybridized carbons (Fsp3) is 0.533. The van der Waals surface area contributed by atoms with E-state index in [2.05, 4.69) is 0 Å². The number of hydrogen-bond donors (Lipinski definition) is 1. The van der Waals surface area contributed by atoms with Gasteiger partial charge in [0.25, 0.3) is 5.91 Å². The number of amides is 1. The smallest absolute Gasteiger partial charge is 0.254 e. The molecule has 20 heavy (non-hydrogen) atoms. The summed E-state index contributed by atoms with van der Waals surface area (Å²) in [5, 5.41) is 0. The van der Waals surface area contributed by atoms with Crippen LogP contribution in [0.4, 0.5) is 14.5 Å². The first kappa shape index (κ1) is 13.3. The molecule has 2 fully saturated rings. The van der Waals surface area contributed by atoms with Gasteiger partial charge in [0, 0.05) is 18.7 Å². The summed E-state index contributed by atoms with van der Waals surface area (Å²) in [5.41, 5.74) is 4.75. The lowest BCUT2D eigenvalue weighted by molar-refractivity contribution is 0.0738. The van der Waals surface area contributed by atoms with Crippen molar-refractivity contribution in [1.82, 2.24) is 4.90 Å². The van der Waals surface area contributed by atoms with Crippen LogP contribution in [-0.4, -0.2) is 23.9 Å². The van der Waals surface area contributed by atoms with Gasteiger partial charge in [-0.05, 0) is 49.7 Å². The third-order valence-corrected chi connectivity index (χ3v) is 3.96. The molecule has 0 radical (unpaired) electrons. The highest BCUT2D eigenvalue weighted by atomic mass is 19.1. The molecule has 2 aliphatic carbocycles. The molecule has 108 valence electrons. The number of nitrogens with zero attached hydrogens (tertiary/aromatic N) is 1. The summed E-state index contributed by atoms with van der Waals surface area (Å²) in [6, 6.07) is 2.07. The van der Waals surface area contributed by atoms with Crippen LogP contribution in [-0.2, 0) is 0 Å². The second-order valence-electron chi connectivity index (χ2n) is 5.95. The van der Waals surface area contributed by atoms with Gasteiger partial charge in [-0.1, -0.05) is 0 Å². The second kappa shape index (κ2) is 5.04. The normalized spacial score (nSPS) is 18.1. The highest BCUT2D eigenvalue weighted by molar-refractivity contribution is 5.94. The molecular weight excluding hydrogens is 262 g/mol. The molecule has 0 aliphatic heterocycles. The minimum absolute atomic E-state index is 0.0514. The molecular formula is C15H18F2N2O. The number of hydrogen-bond acceptors (Lipinski definition) is 2. The number of carbonyl (C=O) groups excluding carboxylic acids is 1. The summed E-state index contributed by atoms with van der Waals surface area (Å²) < 4.78 is 27.0. The van der Waals surface area contributed by atoms with Crippen LogP contribution in [0.2, 0.25) is 0 Å². The molecule has 1 aromatic rings. The van der Waals surface area contributed by atoms with E-state index in [4.69, 9.17) is 5.73 Å². The van der Waals surface area contributed by atoms with E-state index < -0.39 is 17.3 Å². The van der Waals surface area contributed by atoms with Crippen molar-refractivity contribution in [2.24, 2.45) is 11.8 Å². The summed E-state index contributed by atoms with van der Waals surface area (Å²) in [6.07, 6.45) is 4.55. The van der Waals surface area contributed by atoms with Crippen LogP contribution in [0.25, 0.3) is 0 Å². The van der Waals surface area contributed by atoms with Gasteiger partial charge >= 0.3 is 0 Å². The Morgan fingerprint density at radius 2 is 1.55 bits per heavy atom. The molecule has 1 amide bonds. The van der Waals surface area contributed by atoms with E-state index in [1.54, 1.807) is 4.90 Å². The number of benzene rings is 1. The number of carbonyl (C=O) groups is 1. The topological polar surface area (TPSA) is 46.3 Å². The molecule has 0 unspecified atom stereocenters. The molecule has 3 rings (SSSR count). The third kappa shape index (κ3) is 2.92. The lowest BCUT2D eigenvalue weighted by Crippen LogP contribution is -2.35. The molecule has 0 bridgehead atoms. The van der Waals surface area contributed by atoms with E-state index in [1.807, 2.05) is 0 Å². The number of nitrogen functional groups attached to an aromatic ring is 1. The summed E-state index contributed by atoms with van der Waals surface area (Å²) in [6.45, 7) is 1.39. The molecule has 0 atom stereocenters. The molecule has 2 N–H and O–H groups in total. The predicted octanol–water partition coefficient (Wildman–Crippen LogP) is 2.81. The zero-order chi connectivity index (χ0) is 14.3. The van der Waals surface area contributed by atoms with Gasteiger partial charge in [0.15, 0.2) is 0 Å². The van der Waals surface area contributed by atoms with Crippen molar-refractivity contribution in [2.45, 2.75) is 25.7 Å². The van der Waals surface area contributed by atoms with Crippen LogP contribution >= 0.6 is 0 Å². The number of nitrogens with two attached hydrogens (primary N) is 1. The maximum atomic E-state index is 13.5. The molecule has 2 aliphatic rings. The molecule has 0 heterocycles. The quantitative estimate of drug-likeness (QED) is 0.843. The Morgan fingerprint density at radius 1 is 1.10 bits per heavy atom. The molecule has 3 nitrogen and oxygen atoms in total. The minimum Gasteiger partial charge on any atom is -0.394 e. The van der Waals surface area contributed by atoms with Gasteiger partial charge in [0.05, 0.1) is 0 Å². The van der Waals surface area contributed by atoms with Gasteiger partial charge in [-0.15, -0.1) is 0 Å². The fourth-order valence-corrected chi connectivity index (χ4v) is 2.35. The van der Waals surface area contributed by atoms with Crippen molar-refractivity contribution in [3.63, 3.8) is 0 Å². The van der Waals surface area contributed by atoms with Gasteiger partial charge in [-0.25, -0.2) is 8.78 Å². The van der Waals surface area contributed by atoms with Crippen LogP contribution in [0.3, 0.4) is 0 Å². The maximum Gasteiger partial charge on any atom is 0.254 e. The van der Waals surface area contributed by atoms with E-state index in [0.717, 1.165) is 37.8 Å². The van der Waals surface area contributed by atoms with Crippen molar-refractivity contribution >= 4 is 11.6 Å². The number of anilines is 1. The first-order valence-corrected chi connectivity index (χ1v) is 7.08. The Morgan fingerprint density at radius 3 is 1.95 bits per heavy atom. The Kier molecular flexibility index (Phi) is 3.36. The monoisotopic (exact) mass is 280 g/mol. The van der Waals surface area contributed by atoms with Gasteiger partial charge < -0.3 is 10.6 Å². The van der Waals surface area contributed by atoms with Gasteiger partial charge in [-0.3, -0.25) is 4.79 Å². The largest absolute Gasteiger partial charge is 0.394 e. The van der Waals surface area contributed by atoms with Crippen LogP contribution < -0.4 is 5.73 Å². The molecule has 5 heteroatoms. The summed E-state index contributed by atoms with van der Waals surface area (Å²) >= 11 is 0. The molecule has 0 saturated heterocycles. The van der Waals surface area contributed by atoms with E-state index in [-0.39, 0.29) is 11.5 Å². The van der Waals surface area contributed by atoms with Crippen LogP contribution in [0.5, 0.6) is 0 Å². The lowest BCUT2D eigenvalue weighted by atomic mass is 10.1. The SMILES string of the molecule is Nc1c(F)cc(C(=O)N(CC2CC2)CC2CC2)cc1F. The van der Waals surface area contributed by atoms with Crippen molar-refractivity contribution in [1.29, 1.82) is 0 Å². The Labute approximate surface area is 116 Å². The minimum atomic E-state index is -0.869.